The van der Waals surface area contributed by atoms with Gasteiger partial charge in [0, 0.05) is 33.1 Å². The van der Waals surface area contributed by atoms with E-state index in [1.54, 1.807) is 18.4 Å². The minimum absolute atomic E-state index is 0.0667. The van der Waals surface area contributed by atoms with Gasteiger partial charge in [0.15, 0.2) is 5.78 Å². The van der Waals surface area contributed by atoms with E-state index in [9.17, 15) is 9.59 Å². The average molecular weight is 424 g/mol. The largest absolute Gasteiger partial charge is 0.497 e. The fraction of sp³-hybridized carbons (Fsp3) is 0.333. The van der Waals surface area contributed by atoms with Gasteiger partial charge in [-0.3, -0.25) is 4.79 Å². The molecule has 0 fully saturated rings. The van der Waals surface area contributed by atoms with Gasteiger partial charge >= 0.3 is 5.97 Å². The van der Waals surface area contributed by atoms with E-state index in [0.29, 0.717) is 24.0 Å². The fourth-order valence-corrected chi connectivity index (χ4v) is 5.44. The van der Waals surface area contributed by atoms with Gasteiger partial charge in [0.2, 0.25) is 0 Å². The second kappa shape index (κ2) is 8.11. The van der Waals surface area contributed by atoms with E-state index in [2.05, 4.69) is 5.32 Å². The Hall–Kier alpha value is -2.86. The number of carbonyl (C=O) groups excluding carboxylic acids is 2. The number of dihydropyridines is 1. The lowest BCUT2D eigenvalue weighted by Gasteiger charge is -2.36. The quantitative estimate of drug-likeness (QED) is 0.728. The van der Waals surface area contributed by atoms with Gasteiger partial charge in [-0.2, -0.15) is 0 Å². The molecule has 156 valence electrons. The summed E-state index contributed by atoms with van der Waals surface area (Å²) in [5.74, 6) is 0.141. The lowest BCUT2D eigenvalue weighted by atomic mass is 9.73. The smallest absolute Gasteiger partial charge is 0.336 e. The molecule has 0 amide bonds. The Morgan fingerprint density at radius 2 is 1.93 bits per heavy atom. The molecule has 0 spiro atoms. The minimum Gasteiger partial charge on any atom is -0.497 e. The Morgan fingerprint density at radius 1 is 1.13 bits per heavy atom. The SMILES string of the molecule is COC(=O)C1=C(C)NC2=C(C(=O)CC(c3cccc(OC)c3)C2)C1c1ccc(C)s1. The number of hydrogen-bond acceptors (Lipinski definition) is 6. The number of methoxy groups -OCH3 is 2. The number of aryl methyl sites for hydroxylation is 1. The number of nitrogens with one attached hydrogen (secondary N) is 1. The molecule has 1 aromatic carbocycles. The molecular formula is C24H25NO4S. The highest BCUT2D eigenvalue weighted by atomic mass is 32.1. The molecule has 6 heteroatoms. The lowest BCUT2D eigenvalue weighted by molar-refractivity contribution is -0.136. The Balaban J connectivity index is 1.78. The zero-order chi connectivity index (χ0) is 21.4. The van der Waals surface area contributed by atoms with Gasteiger partial charge in [-0.15, -0.1) is 11.3 Å². The first-order valence-electron chi connectivity index (χ1n) is 9.95. The predicted octanol–water partition coefficient (Wildman–Crippen LogP) is 4.60. The summed E-state index contributed by atoms with van der Waals surface area (Å²) in [7, 11) is 3.02. The third-order valence-corrected chi connectivity index (χ3v) is 6.91. The first-order chi connectivity index (χ1) is 14.4. The van der Waals surface area contributed by atoms with Crippen molar-refractivity contribution in [1.82, 2.24) is 5.32 Å². The van der Waals surface area contributed by atoms with Crippen LogP contribution in [0.3, 0.4) is 0 Å². The summed E-state index contributed by atoms with van der Waals surface area (Å²) in [5.41, 5.74) is 3.95. The van der Waals surface area contributed by atoms with Gasteiger partial charge in [-0.25, -0.2) is 4.79 Å². The molecule has 1 N–H and O–H groups in total. The summed E-state index contributed by atoms with van der Waals surface area (Å²) in [6.07, 6.45) is 1.11. The highest BCUT2D eigenvalue weighted by molar-refractivity contribution is 7.12. The molecule has 0 radical (unpaired) electrons. The van der Waals surface area contributed by atoms with Crippen LogP contribution in [0, 0.1) is 6.92 Å². The van der Waals surface area contributed by atoms with Gasteiger partial charge in [0.1, 0.15) is 5.75 Å². The van der Waals surface area contributed by atoms with Crippen LogP contribution in [0.5, 0.6) is 5.75 Å². The van der Waals surface area contributed by atoms with Crippen molar-refractivity contribution >= 4 is 23.1 Å². The Kier molecular flexibility index (Phi) is 5.52. The maximum atomic E-state index is 13.4. The van der Waals surface area contributed by atoms with Gasteiger partial charge in [0.25, 0.3) is 0 Å². The molecule has 2 unspecified atom stereocenters. The Labute approximate surface area is 180 Å². The number of esters is 1. The fourth-order valence-electron chi connectivity index (χ4n) is 4.44. The molecule has 2 heterocycles. The van der Waals surface area contributed by atoms with Crippen LogP contribution in [-0.2, 0) is 14.3 Å². The maximum Gasteiger partial charge on any atom is 0.336 e. The van der Waals surface area contributed by atoms with Crippen LogP contribution in [0.1, 0.15) is 46.9 Å². The topological polar surface area (TPSA) is 64.6 Å². The summed E-state index contributed by atoms with van der Waals surface area (Å²) >= 11 is 1.62. The van der Waals surface area contributed by atoms with Crippen LogP contribution in [0.4, 0.5) is 0 Å². The van der Waals surface area contributed by atoms with Crippen molar-refractivity contribution in [3.8, 4) is 5.75 Å². The molecule has 2 atom stereocenters. The number of carbonyl (C=O) groups is 2. The number of thiophene rings is 1. The van der Waals surface area contributed by atoms with Crippen LogP contribution >= 0.6 is 11.3 Å². The average Bonchev–Trinajstić information content (AvgIpc) is 3.18. The van der Waals surface area contributed by atoms with Crippen LogP contribution in [-0.4, -0.2) is 26.0 Å². The highest BCUT2D eigenvalue weighted by Gasteiger charge is 2.41. The van der Waals surface area contributed by atoms with Gasteiger partial charge < -0.3 is 14.8 Å². The zero-order valence-electron chi connectivity index (χ0n) is 17.6. The lowest BCUT2D eigenvalue weighted by Crippen LogP contribution is -2.35. The summed E-state index contributed by atoms with van der Waals surface area (Å²) in [5, 5.41) is 3.36. The predicted molar refractivity (Wildman–Crippen MR) is 117 cm³/mol. The number of Topliss-reactive ketones (excluding diaryl/α,β-unsaturated/α-hetero) is 1. The van der Waals surface area contributed by atoms with Crippen LogP contribution in [0.25, 0.3) is 0 Å². The highest BCUT2D eigenvalue weighted by Crippen LogP contribution is 2.47. The van der Waals surface area contributed by atoms with Crippen molar-refractivity contribution in [2.24, 2.45) is 0 Å². The van der Waals surface area contributed by atoms with Crippen molar-refractivity contribution < 1.29 is 19.1 Å². The first kappa shape index (κ1) is 20.4. The Morgan fingerprint density at radius 3 is 2.60 bits per heavy atom. The van der Waals surface area contributed by atoms with Crippen molar-refractivity contribution in [3.05, 3.63) is 74.3 Å². The normalized spacial score (nSPS) is 21.3. The minimum atomic E-state index is -0.398. The maximum absolute atomic E-state index is 13.4. The molecule has 0 bridgehead atoms. The van der Waals surface area contributed by atoms with Crippen LogP contribution in [0.15, 0.2) is 58.9 Å². The molecule has 5 nitrogen and oxygen atoms in total. The zero-order valence-corrected chi connectivity index (χ0v) is 18.4. The van der Waals surface area contributed by atoms with Crippen molar-refractivity contribution in [2.45, 2.75) is 38.5 Å². The standard InChI is InChI=1S/C24H25NO4S/c1-13-8-9-20(30-13)23-21(24(27)29-4)14(2)25-18-11-16(12-19(26)22(18)23)15-6-5-7-17(10-15)28-3/h5-10,16,23,25H,11-12H2,1-4H3. The number of ketones is 1. The van der Waals surface area contributed by atoms with E-state index in [0.717, 1.165) is 32.5 Å². The van der Waals surface area contributed by atoms with E-state index in [1.807, 2.05) is 50.2 Å². The second-order valence-electron chi connectivity index (χ2n) is 7.73. The second-order valence-corrected chi connectivity index (χ2v) is 9.05. The van der Waals surface area contributed by atoms with Crippen LogP contribution in [0.2, 0.25) is 0 Å². The van der Waals surface area contributed by atoms with Gasteiger partial charge in [-0.1, -0.05) is 12.1 Å². The number of rotatable bonds is 4. The van der Waals surface area contributed by atoms with E-state index < -0.39 is 5.97 Å². The molecule has 2 aromatic rings. The molecular weight excluding hydrogens is 398 g/mol. The molecule has 30 heavy (non-hydrogen) atoms. The van der Waals surface area contributed by atoms with E-state index >= 15 is 0 Å². The van der Waals surface area contributed by atoms with E-state index in [1.165, 1.54) is 7.11 Å². The molecule has 1 aromatic heterocycles. The number of hydrogen-bond donors (Lipinski definition) is 1. The van der Waals surface area contributed by atoms with Gasteiger partial charge in [0.05, 0.1) is 25.7 Å². The third-order valence-electron chi connectivity index (χ3n) is 5.84. The molecule has 0 saturated carbocycles. The number of benzene rings is 1. The summed E-state index contributed by atoms with van der Waals surface area (Å²) in [4.78, 5) is 28.2. The monoisotopic (exact) mass is 423 g/mol. The van der Waals surface area contributed by atoms with Crippen molar-refractivity contribution in [2.75, 3.05) is 14.2 Å². The van der Waals surface area contributed by atoms with E-state index in [4.69, 9.17) is 9.47 Å². The summed E-state index contributed by atoms with van der Waals surface area (Å²) in [6.45, 7) is 3.91. The van der Waals surface area contributed by atoms with Crippen molar-refractivity contribution in [3.63, 3.8) is 0 Å². The molecule has 4 rings (SSSR count). The van der Waals surface area contributed by atoms with Crippen LogP contribution < -0.4 is 10.1 Å². The Bertz CT molecular complexity index is 1080. The summed E-state index contributed by atoms with van der Waals surface area (Å²) in [6, 6.07) is 11.9. The van der Waals surface area contributed by atoms with Crippen molar-refractivity contribution in [1.29, 1.82) is 0 Å². The molecule has 0 saturated heterocycles. The molecule has 1 aliphatic carbocycles. The third kappa shape index (κ3) is 3.56. The van der Waals surface area contributed by atoms with E-state index in [-0.39, 0.29) is 17.6 Å². The molecule has 2 aliphatic rings. The summed E-state index contributed by atoms with van der Waals surface area (Å²) < 4.78 is 10.4. The number of ether oxygens (including phenoxy) is 2. The van der Waals surface area contributed by atoms with Gasteiger partial charge in [-0.05, 0) is 56.0 Å². The molecule has 1 aliphatic heterocycles. The number of allylic oxidation sites excluding steroid dienone is 3. The first-order valence-corrected chi connectivity index (χ1v) is 10.8.